The van der Waals surface area contributed by atoms with Crippen molar-refractivity contribution in [3.05, 3.63) is 51.5 Å². The summed E-state index contributed by atoms with van der Waals surface area (Å²) < 4.78 is 5.44. The van der Waals surface area contributed by atoms with Gasteiger partial charge in [-0.25, -0.2) is 0 Å². The Bertz CT molecular complexity index is 870. The average molecular weight is 393 g/mol. The van der Waals surface area contributed by atoms with Gasteiger partial charge in [-0.2, -0.15) is 0 Å². The van der Waals surface area contributed by atoms with Crippen molar-refractivity contribution in [2.75, 3.05) is 17.7 Å². The number of ether oxygens (including phenoxy) is 1. The molecule has 1 aliphatic rings. The predicted octanol–water partition coefficient (Wildman–Crippen LogP) is 4.95. The Morgan fingerprint density at radius 2 is 1.96 bits per heavy atom. The summed E-state index contributed by atoms with van der Waals surface area (Å²) in [5.74, 6) is 1.04. The molecule has 2 atom stereocenters. The number of carbonyl (C=O) groups is 2. The monoisotopic (exact) mass is 392 g/mol. The van der Waals surface area contributed by atoms with Gasteiger partial charge in [-0.3, -0.25) is 9.59 Å². The molecular weight excluding hydrogens is 375 g/mol. The van der Waals surface area contributed by atoms with E-state index >= 15 is 0 Å². The Kier molecular flexibility index (Phi) is 5.39. The van der Waals surface area contributed by atoms with Gasteiger partial charge in [0.05, 0.1) is 28.4 Å². The van der Waals surface area contributed by atoms with Gasteiger partial charge < -0.3 is 15.4 Å². The van der Waals surface area contributed by atoms with Crippen LogP contribution in [-0.4, -0.2) is 19.4 Å². The summed E-state index contributed by atoms with van der Waals surface area (Å²) in [5.41, 5.74) is 2.21. The molecule has 7 heteroatoms. The highest BCUT2D eigenvalue weighted by Gasteiger charge is 2.39. The number of hydrogen-bond acceptors (Lipinski definition) is 3. The van der Waals surface area contributed by atoms with E-state index in [0.29, 0.717) is 45.1 Å². The predicted molar refractivity (Wildman–Crippen MR) is 104 cm³/mol. The van der Waals surface area contributed by atoms with Gasteiger partial charge in [-0.05, 0) is 48.6 Å². The fraction of sp³-hybridized carbons (Fsp3) is 0.263. The van der Waals surface area contributed by atoms with E-state index < -0.39 is 0 Å². The van der Waals surface area contributed by atoms with Gasteiger partial charge in [-0.15, -0.1) is 0 Å². The van der Waals surface area contributed by atoms with E-state index in [1.54, 1.807) is 37.4 Å². The van der Waals surface area contributed by atoms with E-state index in [0.717, 1.165) is 12.0 Å². The third-order valence-electron chi connectivity index (χ3n) is 4.53. The third kappa shape index (κ3) is 3.64. The van der Waals surface area contributed by atoms with Crippen molar-refractivity contribution in [2.24, 2.45) is 5.92 Å². The minimum Gasteiger partial charge on any atom is -0.496 e. The molecule has 1 aliphatic carbocycles. The van der Waals surface area contributed by atoms with Crippen LogP contribution in [0.15, 0.2) is 30.3 Å². The Morgan fingerprint density at radius 1 is 1.23 bits per heavy atom. The van der Waals surface area contributed by atoms with Gasteiger partial charge in [0.25, 0.3) is 5.91 Å². The van der Waals surface area contributed by atoms with Gasteiger partial charge in [0.15, 0.2) is 0 Å². The van der Waals surface area contributed by atoms with Gasteiger partial charge in [0.1, 0.15) is 5.75 Å². The molecule has 3 rings (SSSR count). The lowest BCUT2D eigenvalue weighted by atomic mass is 10.00. The molecule has 0 radical (unpaired) electrons. The first-order valence-electron chi connectivity index (χ1n) is 8.13. The Hall–Kier alpha value is -2.24. The first-order chi connectivity index (χ1) is 12.5. The van der Waals surface area contributed by atoms with Crippen LogP contribution in [0, 0.1) is 5.92 Å². The molecule has 0 heterocycles. The number of rotatable bonds is 6. The van der Waals surface area contributed by atoms with Crippen molar-refractivity contribution >= 4 is 46.9 Å². The van der Waals surface area contributed by atoms with E-state index in [1.165, 1.54) is 0 Å². The summed E-state index contributed by atoms with van der Waals surface area (Å²) in [6, 6.07) is 8.22. The second kappa shape index (κ2) is 7.56. The molecule has 2 amide bonds. The summed E-state index contributed by atoms with van der Waals surface area (Å²) in [4.78, 5) is 23.9. The Morgan fingerprint density at radius 3 is 2.54 bits per heavy atom. The molecule has 5 nitrogen and oxygen atoms in total. The van der Waals surface area contributed by atoms with Gasteiger partial charge in [0, 0.05) is 11.3 Å². The van der Waals surface area contributed by atoms with Crippen LogP contribution in [0.4, 0.5) is 11.4 Å². The molecule has 0 saturated heterocycles. The highest BCUT2D eigenvalue weighted by Crippen LogP contribution is 2.53. The van der Waals surface area contributed by atoms with Crippen molar-refractivity contribution in [3.63, 3.8) is 0 Å². The lowest BCUT2D eigenvalue weighted by molar-refractivity contribution is -0.105. The lowest BCUT2D eigenvalue weighted by Gasteiger charge is -2.17. The van der Waals surface area contributed by atoms with Crippen molar-refractivity contribution < 1.29 is 14.3 Å². The Labute approximate surface area is 161 Å². The van der Waals surface area contributed by atoms with Crippen molar-refractivity contribution in [2.45, 2.75) is 19.3 Å². The number of nitrogens with one attached hydrogen (secondary N) is 2. The smallest absolute Gasteiger partial charge is 0.257 e. The van der Waals surface area contributed by atoms with E-state index in [-0.39, 0.29) is 11.8 Å². The summed E-state index contributed by atoms with van der Waals surface area (Å²) in [6.07, 6.45) is 1.56. The van der Waals surface area contributed by atoms with Crippen LogP contribution < -0.4 is 15.4 Å². The molecule has 1 saturated carbocycles. The van der Waals surface area contributed by atoms with Gasteiger partial charge >= 0.3 is 0 Å². The molecule has 136 valence electrons. The Balaban J connectivity index is 1.98. The number of methoxy groups -OCH3 is 1. The number of anilines is 2. The minimum atomic E-state index is -0.357. The zero-order valence-corrected chi connectivity index (χ0v) is 15.8. The van der Waals surface area contributed by atoms with Crippen LogP contribution >= 0.6 is 23.2 Å². The summed E-state index contributed by atoms with van der Waals surface area (Å²) in [6.45, 7) is 2.12. The van der Waals surface area contributed by atoms with E-state index in [9.17, 15) is 9.59 Å². The standard InChI is InChI=1S/C19H18Cl2N2O3/c1-10-7-13(10)17-16(26-2)6-4-12(18(17)22-9-24)19(25)23-11-3-5-14(20)15(21)8-11/h3-6,8-10,13H,7H2,1-2H3,(H,22,24)(H,23,25). The molecule has 2 aromatic rings. The van der Waals surface area contributed by atoms with Crippen LogP contribution in [0.25, 0.3) is 0 Å². The zero-order chi connectivity index (χ0) is 18.8. The van der Waals surface area contributed by atoms with E-state index in [2.05, 4.69) is 17.6 Å². The molecule has 2 aromatic carbocycles. The van der Waals surface area contributed by atoms with Crippen LogP contribution in [0.2, 0.25) is 10.0 Å². The zero-order valence-electron chi connectivity index (χ0n) is 14.3. The quantitative estimate of drug-likeness (QED) is 0.683. The molecular formula is C19H18Cl2N2O3. The molecule has 0 aromatic heterocycles. The molecule has 2 unspecified atom stereocenters. The van der Waals surface area contributed by atoms with Gasteiger partial charge in [0.2, 0.25) is 6.41 Å². The van der Waals surface area contributed by atoms with Crippen LogP contribution in [0.1, 0.15) is 35.2 Å². The minimum absolute atomic E-state index is 0.255. The van der Waals surface area contributed by atoms with Crippen LogP contribution in [0.5, 0.6) is 5.75 Å². The fourth-order valence-electron chi connectivity index (χ4n) is 3.05. The molecule has 26 heavy (non-hydrogen) atoms. The third-order valence-corrected chi connectivity index (χ3v) is 5.27. The maximum Gasteiger partial charge on any atom is 0.257 e. The molecule has 0 aliphatic heterocycles. The van der Waals surface area contributed by atoms with Crippen molar-refractivity contribution in [3.8, 4) is 5.75 Å². The average Bonchev–Trinajstić information content (AvgIpc) is 3.34. The SMILES string of the molecule is COc1ccc(C(=O)Nc2ccc(Cl)c(Cl)c2)c(NC=O)c1C1CC1C. The van der Waals surface area contributed by atoms with Crippen molar-refractivity contribution in [1.29, 1.82) is 0 Å². The maximum atomic E-state index is 12.8. The number of hydrogen-bond donors (Lipinski definition) is 2. The first kappa shape index (κ1) is 18.5. The molecule has 1 fully saturated rings. The number of benzene rings is 2. The van der Waals surface area contributed by atoms with E-state index in [1.807, 2.05) is 0 Å². The van der Waals surface area contributed by atoms with Crippen molar-refractivity contribution in [1.82, 2.24) is 0 Å². The highest BCUT2D eigenvalue weighted by molar-refractivity contribution is 6.42. The highest BCUT2D eigenvalue weighted by atomic mass is 35.5. The molecule has 0 bridgehead atoms. The van der Waals surface area contributed by atoms with E-state index in [4.69, 9.17) is 27.9 Å². The first-order valence-corrected chi connectivity index (χ1v) is 8.89. The molecule has 0 spiro atoms. The summed E-state index contributed by atoms with van der Waals surface area (Å²) in [5, 5.41) is 6.21. The second-order valence-corrected chi connectivity index (χ2v) is 7.08. The fourth-order valence-corrected chi connectivity index (χ4v) is 3.34. The summed E-state index contributed by atoms with van der Waals surface area (Å²) >= 11 is 11.9. The number of amides is 2. The van der Waals surface area contributed by atoms with Crippen LogP contribution in [-0.2, 0) is 4.79 Å². The second-order valence-electron chi connectivity index (χ2n) is 6.27. The van der Waals surface area contributed by atoms with Gasteiger partial charge in [-0.1, -0.05) is 30.1 Å². The number of halogens is 2. The largest absolute Gasteiger partial charge is 0.496 e. The molecule has 2 N–H and O–H groups in total. The van der Waals surface area contributed by atoms with Crippen LogP contribution in [0.3, 0.4) is 0 Å². The topological polar surface area (TPSA) is 67.4 Å². The number of carbonyl (C=O) groups excluding carboxylic acids is 2. The lowest BCUT2D eigenvalue weighted by Crippen LogP contribution is -2.16. The summed E-state index contributed by atoms with van der Waals surface area (Å²) in [7, 11) is 1.58. The maximum absolute atomic E-state index is 12.8. The normalized spacial score (nSPS) is 18.2.